The van der Waals surface area contributed by atoms with Gasteiger partial charge in [0.15, 0.2) is 11.5 Å². The SMILES string of the molecule is C[C@@H]1CNCCN1CC(=O)NCCOc1ccc2c(c1)OCO2.Cl. The van der Waals surface area contributed by atoms with E-state index in [9.17, 15) is 4.79 Å². The zero-order valence-corrected chi connectivity index (χ0v) is 14.6. The molecule has 1 fully saturated rings. The molecule has 1 aromatic rings. The van der Waals surface area contributed by atoms with Crippen molar-refractivity contribution in [3.8, 4) is 17.2 Å². The Morgan fingerprint density at radius 3 is 3.08 bits per heavy atom. The molecule has 2 aliphatic rings. The van der Waals surface area contributed by atoms with Crippen LogP contribution in [-0.2, 0) is 4.79 Å². The van der Waals surface area contributed by atoms with E-state index in [0.717, 1.165) is 25.4 Å². The van der Waals surface area contributed by atoms with Gasteiger partial charge in [-0.15, -0.1) is 12.4 Å². The standard InChI is InChI=1S/C16H23N3O4.ClH/c1-12-9-17-4-6-19(12)10-16(20)18-5-7-21-13-2-3-14-15(8-13)23-11-22-14;/h2-3,8,12,17H,4-7,9-11H2,1H3,(H,18,20);1H/t12-;/m1./s1. The summed E-state index contributed by atoms with van der Waals surface area (Å²) in [5.74, 6) is 2.17. The maximum Gasteiger partial charge on any atom is 0.234 e. The van der Waals surface area contributed by atoms with Crippen LogP contribution in [0.2, 0.25) is 0 Å². The Bertz CT molecular complexity index is 558. The van der Waals surface area contributed by atoms with Crippen LogP contribution in [0.4, 0.5) is 0 Å². The highest BCUT2D eigenvalue weighted by Gasteiger charge is 2.20. The first kappa shape index (κ1) is 18.6. The number of benzene rings is 1. The summed E-state index contributed by atoms with van der Waals surface area (Å²) in [6, 6.07) is 5.84. The van der Waals surface area contributed by atoms with Crippen molar-refractivity contribution in [3.63, 3.8) is 0 Å². The number of nitrogens with one attached hydrogen (secondary N) is 2. The predicted octanol–water partition coefficient (Wildman–Crippen LogP) is 0.626. The predicted molar refractivity (Wildman–Crippen MR) is 92.2 cm³/mol. The number of piperazine rings is 1. The molecule has 8 heteroatoms. The topological polar surface area (TPSA) is 72.1 Å². The van der Waals surface area contributed by atoms with Crippen LogP contribution >= 0.6 is 12.4 Å². The number of carbonyl (C=O) groups excluding carboxylic acids is 1. The van der Waals surface area contributed by atoms with E-state index in [-0.39, 0.29) is 25.1 Å². The van der Waals surface area contributed by atoms with Gasteiger partial charge in [0.1, 0.15) is 12.4 Å². The molecule has 2 N–H and O–H groups in total. The van der Waals surface area contributed by atoms with Crippen molar-refractivity contribution in [2.45, 2.75) is 13.0 Å². The van der Waals surface area contributed by atoms with E-state index in [1.165, 1.54) is 0 Å². The number of rotatable bonds is 6. The summed E-state index contributed by atoms with van der Waals surface area (Å²) in [4.78, 5) is 14.1. The van der Waals surface area contributed by atoms with E-state index in [1.807, 2.05) is 12.1 Å². The lowest BCUT2D eigenvalue weighted by Gasteiger charge is -2.33. The highest BCUT2D eigenvalue weighted by atomic mass is 35.5. The van der Waals surface area contributed by atoms with Crippen molar-refractivity contribution >= 4 is 18.3 Å². The van der Waals surface area contributed by atoms with E-state index in [4.69, 9.17) is 14.2 Å². The van der Waals surface area contributed by atoms with E-state index < -0.39 is 0 Å². The molecule has 0 saturated carbocycles. The van der Waals surface area contributed by atoms with Crippen LogP contribution in [0.5, 0.6) is 17.2 Å². The summed E-state index contributed by atoms with van der Waals surface area (Å²) < 4.78 is 16.2. The van der Waals surface area contributed by atoms with Gasteiger partial charge in [-0.25, -0.2) is 0 Å². The van der Waals surface area contributed by atoms with Gasteiger partial charge in [-0.3, -0.25) is 9.69 Å². The molecule has 134 valence electrons. The maximum atomic E-state index is 12.0. The number of amides is 1. The van der Waals surface area contributed by atoms with Crippen LogP contribution in [0.1, 0.15) is 6.92 Å². The molecule has 0 aromatic heterocycles. The Morgan fingerprint density at radius 2 is 2.25 bits per heavy atom. The van der Waals surface area contributed by atoms with Gasteiger partial charge in [-0.05, 0) is 19.1 Å². The first-order valence-corrected chi connectivity index (χ1v) is 7.96. The molecule has 24 heavy (non-hydrogen) atoms. The summed E-state index contributed by atoms with van der Waals surface area (Å²) in [6.45, 7) is 6.48. The minimum Gasteiger partial charge on any atom is -0.492 e. The minimum atomic E-state index is 0. The third-order valence-electron chi connectivity index (χ3n) is 4.02. The van der Waals surface area contributed by atoms with Gasteiger partial charge in [0.2, 0.25) is 12.7 Å². The smallest absolute Gasteiger partial charge is 0.234 e. The summed E-state index contributed by atoms with van der Waals surface area (Å²) in [6.07, 6.45) is 0. The molecule has 0 radical (unpaired) electrons. The molecule has 0 aliphatic carbocycles. The lowest BCUT2D eigenvalue weighted by Crippen LogP contribution is -2.52. The first-order valence-electron chi connectivity index (χ1n) is 7.96. The van der Waals surface area contributed by atoms with Crippen molar-refractivity contribution in [2.24, 2.45) is 0 Å². The highest BCUT2D eigenvalue weighted by Crippen LogP contribution is 2.34. The maximum absolute atomic E-state index is 12.0. The Kier molecular flexibility index (Phi) is 6.96. The number of fused-ring (bicyclic) bond motifs is 1. The number of carbonyl (C=O) groups is 1. The largest absolute Gasteiger partial charge is 0.492 e. The zero-order chi connectivity index (χ0) is 16.1. The Morgan fingerprint density at radius 1 is 1.42 bits per heavy atom. The summed E-state index contributed by atoms with van der Waals surface area (Å²) in [5.41, 5.74) is 0. The molecule has 0 unspecified atom stereocenters. The van der Waals surface area contributed by atoms with E-state index in [1.54, 1.807) is 6.07 Å². The monoisotopic (exact) mass is 357 g/mol. The van der Waals surface area contributed by atoms with Crippen LogP contribution in [0.25, 0.3) is 0 Å². The van der Waals surface area contributed by atoms with Gasteiger partial charge in [-0.1, -0.05) is 0 Å². The van der Waals surface area contributed by atoms with Crippen molar-refractivity contribution in [2.75, 3.05) is 46.1 Å². The fourth-order valence-electron chi connectivity index (χ4n) is 2.68. The quantitative estimate of drug-likeness (QED) is 0.727. The third-order valence-corrected chi connectivity index (χ3v) is 4.02. The second-order valence-electron chi connectivity index (χ2n) is 5.74. The fourth-order valence-corrected chi connectivity index (χ4v) is 2.68. The number of ether oxygens (including phenoxy) is 3. The zero-order valence-electron chi connectivity index (χ0n) is 13.7. The molecule has 1 amide bonds. The number of halogens is 1. The van der Waals surface area contributed by atoms with Crippen molar-refractivity contribution in [1.29, 1.82) is 0 Å². The Hall–Kier alpha value is -1.70. The van der Waals surface area contributed by atoms with Crippen LogP contribution < -0.4 is 24.8 Å². The molecule has 1 saturated heterocycles. The number of hydrogen-bond donors (Lipinski definition) is 2. The Labute approximate surface area is 148 Å². The van der Waals surface area contributed by atoms with Crippen LogP contribution in [0, 0.1) is 0 Å². The van der Waals surface area contributed by atoms with Gasteiger partial charge in [0.05, 0.1) is 13.1 Å². The van der Waals surface area contributed by atoms with Crippen molar-refractivity contribution in [1.82, 2.24) is 15.5 Å². The average Bonchev–Trinajstić information content (AvgIpc) is 3.01. The summed E-state index contributed by atoms with van der Waals surface area (Å²) in [7, 11) is 0. The van der Waals surface area contributed by atoms with Gasteiger partial charge < -0.3 is 24.8 Å². The van der Waals surface area contributed by atoms with Crippen LogP contribution in [-0.4, -0.2) is 63.0 Å². The second-order valence-corrected chi connectivity index (χ2v) is 5.74. The van der Waals surface area contributed by atoms with E-state index in [2.05, 4.69) is 22.5 Å². The molecule has 1 atom stereocenters. The van der Waals surface area contributed by atoms with Crippen LogP contribution in [0.15, 0.2) is 18.2 Å². The molecular formula is C16H24ClN3O4. The van der Waals surface area contributed by atoms with Crippen LogP contribution in [0.3, 0.4) is 0 Å². The van der Waals surface area contributed by atoms with Gasteiger partial charge in [-0.2, -0.15) is 0 Å². The van der Waals surface area contributed by atoms with Gasteiger partial charge in [0, 0.05) is 31.7 Å². The summed E-state index contributed by atoms with van der Waals surface area (Å²) >= 11 is 0. The lowest BCUT2D eigenvalue weighted by atomic mass is 10.2. The minimum absolute atomic E-state index is 0. The molecule has 7 nitrogen and oxygen atoms in total. The molecule has 2 aliphatic heterocycles. The second kappa shape index (κ2) is 8.96. The molecular weight excluding hydrogens is 334 g/mol. The average molecular weight is 358 g/mol. The van der Waals surface area contributed by atoms with E-state index in [0.29, 0.717) is 37.2 Å². The third kappa shape index (κ3) is 4.90. The lowest BCUT2D eigenvalue weighted by molar-refractivity contribution is -0.123. The highest BCUT2D eigenvalue weighted by molar-refractivity contribution is 5.85. The van der Waals surface area contributed by atoms with E-state index >= 15 is 0 Å². The summed E-state index contributed by atoms with van der Waals surface area (Å²) in [5, 5.41) is 6.20. The molecule has 0 spiro atoms. The van der Waals surface area contributed by atoms with Gasteiger partial charge >= 0.3 is 0 Å². The van der Waals surface area contributed by atoms with Crippen molar-refractivity contribution in [3.05, 3.63) is 18.2 Å². The molecule has 2 heterocycles. The van der Waals surface area contributed by atoms with Crippen molar-refractivity contribution < 1.29 is 19.0 Å². The fraction of sp³-hybridized carbons (Fsp3) is 0.562. The molecule has 0 bridgehead atoms. The molecule has 1 aromatic carbocycles. The molecule has 3 rings (SSSR count). The normalized spacial score (nSPS) is 19.5. The number of nitrogens with zero attached hydrogens (tertiary/aromatic N) is 1. The van der Waals surface area contributed by atoms with Gasteiger partial charge in [0.25, 0.3) is 0 Å². The first-order chi connectivity index (χ1) is 11.2. The number of hydrogen-bond acceptors (Lipinski definition) is 6. The Balaban J connectivity index is 0.00000208.